The van der Waals surface area contributed by atoms with Gasteiger partial charge in [-0.2, -0.15) is 0 Å². The molecule has 2 aromatic rings. The van der Waals surface area contributed by atoms with Crippen LogP contribution in [0.3, 0.4) is 0 Å². The van der Waals surface area contributed by atoms with Gasteiger partial charge in [0.05, 0.1) is 19.1 Å². The molecule has 1 fully saturated rings. The smallest absolute Gasteiger partial charge is 0.408 e. The fraction of sp³-hybridized carbons (Fsp3) is 0.500. The summed E-state index contributed by atoms with van der Waals surface area (Å²) in [6, 6.07) is 2.25. The molecule has 0 spiro atoms. The summed E-state index contributed by atoms with van der Waals surface area (Å²) in [6.07, 6.45) is -0.104. The van der Waals surface area contributed by atoms with E-state index in [1.165, 1.54) is 19.2 Å². The number of rotatable bonds is 10. The fourth-order valence-electron chi connectivity index (χ4n) is 4.21. The molecule has 208 valence electrons. The van der Waals surface area contributed by atoms with Crippen LogP contribution in [-0.4, -0.2) is 38.2 Å². The Kier molecular flexibility index (Phi) is 9.30. The summed E-state index contributed by atoms with van der Waals surface area (Å²) in [6.45, 7) is 7.90. The molecule has 38 heavy (non-hydrogen) atoms. The van der Waals surface area contributed by atoms with Crippen LogP contribution in [0.15, 0.2) is 18.2 Å². The van der Waals surface area contributed by atoms with Crippen LogP contribution >= 0.6 is 0 Å². The Morgan fingerprint density at radius 3 is 2.37 bits per heavy atom. The summed E-state index contributed by atoms with van der Waals surface area (Å²) < 4.78 is 67.4. The molecule has 1 aliphatic rings. The van der Waals surface area contributed by atoms with Gasteiger partial charge in [0, 0.05) is 29.9 Å². The highest BCUT2D eigenvalue weighted by molar-refractivity contribution is 5.78. The van der Waals surface area contributed by atoms with Crippen LogP contribution in [0.1, 0.15) is 75.6 Å². The molecule has 3 rings (SSSR count). The van der Waals surface area contributed by atoms with Crippen molar-refractivity contribution in [3.63, 3.8) is 0 Å². The van der Waals surface area contributed by atoms with Gasteiger partial charge >= 0.3 is 12.1 Å². The molecule has 1 N–H and O–H groups in total. The van der Waals surface area contributed by atoms with Crippen molar-refractivity contribution in [3.05, 3.63) is 52.3 Å². The maximum atomic E-state index is 16.4. The molecule has 0 heterocycles. The van der Waals surface area contributed by atoms with Gasteiger partial charge in [0.15, 0.2) is 6.79 Å². The largest absolute Gasteiger partial charge is 0.467 e. The lowest BCUT2D eigenvalue weighted by Gasteiger charge is -2.26. The number of ether oxygens (including phenoxy) is 4. The average Bonchev–Trinajstić information content (AvgIpc) is 3.62. The van der Waals surface area contributed by atoms with Crippen LogP contribution in [0.25, 0.3) is 11.1 Å². The topological polar surface area (TPSA) is 83.1 Å². The van der Waals surface area contributed by atoms with Crippen LogP contribution in [0.5, 0.6) is 5.75 Å². The van der Waals surface area contributed by atoms with E-state index in [0.29, 0.717) is 18.4 Å². The molecule has 1 atom stereocenters. The molecule has 0 bridgehead atoms. The molecule has 7 nitrogen and oxygen atoms in total. The number of benzene rings is 2. The maximum Gasteiger partial charge on any atom is 0.408 e. The minimum Gasteiger partial charge on any atom is -0.467 e. The number of carbonyl (C=O) groups excluding carboxylic acids is 2. The van der Waals surface area contributed by atoms with Crippen LogP contribution < -0.4 is 10.1 Å². The third kappa shape index (κ3) is 7.18. The first kappa shape index (κ1) is 29.3. The highest BCUT2D eigenvalue weighted by atomic mass is 19.1. The van der Waals surface area contributed by atoms with E-state index in [1.807, 2.05) is 0 Å². The van der Waals surface area contributed by atoms with Crippen molar-refractivity contribution >= 4 is 12.1 Å². The average molecular weight is 538 g/mol. The molecule has 2 aromatic carbocycles. The van der Waals surface area contributed by atoms with Crippen LogP contribution in [0.2, 0.25) is 0 Å². The zero-order chi connectivity index (χ0) is 28.2. The molecule has 0 aromatic heterocycles. The van der Waals surface area contributed by atoms with E-state index in [4.69, 9.17) is 18.9 Å². The van der Waals surface area contributed by atoms with Crippen molar-refractivity contribution in [1.82, 2.24) is 5.32 Å². The maximum absolute atomic E-state index is 16.4. The van der Waals surface area contributed by atoms with Gasteiger partial charge in [-0.25, -0.2) is 18.0 Å². The van der Waals surface area contributed by atoms with Gasteiger partial charge < -0.3 is 24.3 Å². The number of esters is 1. The molecular formula is C28H34F3NO6. The van der Waals surface area contributed by atoms with Crippen LogP contribution in [0.4, 0.5) is 18.0 Å². The van der Waals surface area contributed by atoms with E-state index in [0.717, 1.165) is 6.07 Å². The SMILES string of the molecule is CCOC(=O)C[C@H](NC(=O)OC(C)(C)C)c1c(F)c(-c2c(C)cc(F)cc2OCOC)cc(C2CC2)c1F. The van der Waals surface area contributed by atoms with Crippen molar-refractivity contribution in [1.29, 1.82) is 0 Å². The normalized spacial score (nSPS) is 14.1. The number of aryl methyl sites for hydroxylation is 1. The number of amides is 1. The molecule has 0 radical (unpaired) electrons. The summed E-state index contributed by atoms with van der Waals surface area (Å²) >= 11 is 0. The van der Waals surface area contributed by atoms with Gasteiger partial charge in [0.2, 0.25) is 0 Å². The second-order valence-corrected chi connectivity index (χ2v) is 10.2. The van der Waals surface area contributed by atoms with Gasteiger partial charge in [-0.3, -0.25) is 4.79 Å². The van der Waals surface area contributed by atoms with Crippen LogP contribution in [-0.2, 0) is 19.0 Å². The summed E-state index contributed by atoms with van der Waals surface area (Å²) in [5.74, 6) is -3.40. The molecule has 0 saturated heterocycles. The Labute approximate surface area is 220 Å². The molecule has 0 unspecified atom stereocenters. The Bertz CT molecular complexity index is 1190. The minimum atomic E-state index is -1.44. The first-order valence-electron chi connectivity index (χ1n) is 12.4. The Hall–Kier alpha value is -3.27. The predicted molar refractivity (Wildman–Crippen MR) is 134 cm³/mol. The molecule has 1 aliphatic carbocycles. The zero-order valence-corrected chi connectivity index (χ0v) is 22.5. The van der Waals surface area contributed by atoms with Crippen LogP contribution in [0, 0.1) is 24.4 Å². The van der Waals surface area contributed by atoms with E-state index < -0.39 is 53.1 Å². The predicted octanol–water partition coefficient (Wildman–Crippen LogP) is 6.46. The summed E-state index contributed by atoms with van der Waals surface area (Å²) in [5, 5.41) is 2.45. The van der Waals surface area contributed by atoms with E-state index >= 15 is 8.78 Å². The number of hydrogen-bond acceptors (Lipinski definition) is 6. The summed E-state index contributed by atoms with van der Waals surface area (Å²) in [5.41, 5.74) is -0.670. The molecule has 10 heteroatoms. The van der Waals surface area contributed by atoms with Gasteiger partial charge in [0.1, 0.15) is 28.8 Å². The van der Waals surface area contributed by atoms with Crippen molar-refractivity contribution in [2.24, 2.45) is 0 Å². The number of methoxy groups -OCH3 is 1. The van der Waals surface area contributed by atoms with Gasteiger partial charge in [-0.05, 0) is 76.6 Å². The van der Waals surface area contributed by atoms with E-state index in [1.54, 1.807) is 34.6 Å². The third-order valence-corrected chi connectivity index (χ3v) is 5.86. The fourth-order valence-corrected chi connectivity index (χ4v) is 4.21. The number of carbonyl (C=O) groups is 2. The Balaban J connectivity index is 2.23. The second kappa shape index (κ2) is 12.1. The lowest BCUT2D eigenvalue weighted by Crippen LogP contribution is -2.37. The monoisotopic (exact) mass is 537 g/mol. The standard InChI is InChI=1S/C28H34F3NO6/c1-7-36-22(33)13-20(32-27(34)38-28(3,4)5)24-25(30)18(16-8-9-16)12-19(26(24)31)23-15(2)10-17(29)11-21(23)37-14-35-6/h10-12,16,20H,7-9,13-14H2,1-6H3,(H,32,34)/t20-/m0/s1. The van der Waals surface area contributed by atoms with Crippen molar-refractivity contribution in [3.8, 4) is 16.9 Å². The van der Waals surface area contributed by atoms with E-state index in [-0.39, 0.29) is 41.8 Å². The third-order valence-electron chi connectivity index (χ3n) is 5.86. The van der Waals surface area contributed by atoms with Crippen molar-refractivity contribution < 1.29 is 41.7 Å². The van der Waals surface area contributed by atoms with Crippen molar-refractivity contribution in [2.75, 3.05) is 20.5 Å². The summed E-state index contributed by atoms with van der Waals surface area (Å²) in [4.78, 5) is 25.1. The lowest BCUT2D eigenvalue weighted by molar-refractivity contribution is -0.143. The number of halogens is 3. The first-order chi connectivity index (χ1) is 17.9. The first-order valence-corrected chi connectivity index (χ1v) is 12.4. The highest BCUT2D eigenvalue weighted by Gasteiger charge is 2.36. The lowest BCUT2D eigenvalue weighted by atomic mass is 9.89. The Morgan fingerprint density at radius 1 is 1.11 bits per heavy atom. The van der Waals surface area contributed by atoms with Crippen molar-refractivity contribution in [2.45, 2.75) is 71.4 Å². The molecular weight excluding hydrogens is 503 g/mol. The van der Waals surface area contributed by atoms with E-state index in [2.05, 4.69) is 5.32 Å². The Morgan fingerprint density at radius 2 is 1.79 bits per heavy atom. The molecule has 1 amide bonds. The number of hydrogen-bond donors (Lipinski definition) is 1. The highest BCUT2D eigenvalue weighted by Crippen LogP contribution is 2.47. The van der Waals surface area contributed by atoms with E-state index in [9.17, 15) is 14.0 Å². The molecule has 1 saturated carbocycles. The van der Waals surface area contributed by atoms with Gasteiger partial charge in [-0.1, -0.05) is 0 Å². The molecule has 0 aliphatic heterocycles. The number of alkyl carbamates (subject to hydrolysis) is 1. The quantitative estimate of drug-likeness (QED) is 0.277. The second-order valence-electron chi connectivity index (χ2n) is 10.2. The minimum absolute atomic E-state index is 0.00426. The summed E-state index contributed by atoms with van der Waals surface area (Å²) in [7, 11) is 1.38. The zero-order valence-electron chi connectivity index (χ0n) is 22.5. The number of nitrogens with one attached hydrogen (secondary N) is 1. The van der Waals surface area contributed by atoms with Gasteiger partial charge in [-0.15, -0.1) is 0 Å². The van der Waals surface area contributed by atoms with Gasteiger partial charge in [0.25, 0.3) is 0 Å².